The van der Waals surface area contributed by atoms with Crippen molar-refractivity contribution in [2.45, 2.75) is 26.7 Å². The summed E-state index contributed by atoms with van der Waals surface area (Å²) in [4.78, 5) is 35.1. The summed E-state index contributed by atoms with van der Waals surface area (Å²) in [5.41, 5.74) is 1.95. The molecule has 0 fully saturated rings. The van der Waals surface area contributed by atoms with Crippen molar-refractivity contribution < 1.29 is 23.9 Å². The molecule has 2 aromatic carbocycles. The maximum absolute atomic E-state index is 11.9. The lowest BCUT2D eigenvalue weighted by Gasteiger charge is -2.13. The van der Waals surface area contributed by atoms with Gasteiger partial charge in [-0.25, -0.2) is 4.79 Å². The number of para-hydroxylation sites is 1. The predicted octanol–water partition coefficient (Wildman–Crippen LogP) is 3.57. The predicted molar refractivity (Wildman–Crippen MR) is 102 cm³/mol. The van der Waals surface area contributed by atoms with Crippen LogP contribution in [0.4, 0.5) is 5.69 Å². The lowest BCUT2D eigenvalue weighted by atomic mass is 10.0. The van der Waals surface area contributed by atoms with Crippen LogP contribution in [0.3, 0.4) is 0 Å². The van der Waals surface area contributed by atoms with Crippen molar-refractivity contribution in [3.8, 4) is 5.75 Å². The SMILES string of the molecule is CC(=O)c1cccc(NC(=O)COC(=O)COc2ccccc2C(C)C)c1. The Morgan fingerprint density at radius 3 is 2.44 bits per heavy atom. The minimum atomic E-state index is -0.638. The fraction of sp³-hybridized carbons (Fsp3) is 0.286. The van der Waals surface area contributed by atoms with Crippen LogP contribution in [0.25, 0.3) is 0 Å². The van der Waals surface area contributed by atoms with E-state index in [4.69, 9.17) is 9.47 Å². The number of ether oxygens (including phenoxy) is 2. The van der Waals surface area contributed by atoms with Crippen molar-refractivity contribution >= 4 is 23.3 Å². The number of Topliss-reactive ketones (excluding diaryl/α,β-unsaturated/α-hetero) is 1. The molecule has 0 aliphatic rings. The maximum Gasteiger partial charge on any atom is 0.344 e. The summed E-state index contributed by atoms with van der Waals surface area (Å²) in [5.74, 6) is -0.354. The number of nitrogens with one attached hydrogen (secondary N) is 1. The molecule has 0 unspecified atom stereocenters. The van der Waals surface area contributed by atoms with Crippen LogP contribution in [-0.4, -0.2) is 30.9 Å². The number of benzene rings is 2. The van der Waals surface area contributed by atoms with E-state index in [1.165, 1.54) is 6.92 Å². The Labute approximate surface area is 158 Å². The van der Waals surface area contributed by atoms with Crippen molar-refractivity contribution in [3.05, 3.63) is 59.7 Å². The second-order valence-electron chi connectivity index (χ2n) is 6.33. The number of ketones is 1. The Kier molecular flexibility index (Phi) is 7.11. The molecule has 2 aromatic rings. The molecule has 0 bridgehead atoms. The Balaban J connectivity index is 1.81. The van der Waals surface area contributed by atoms with Gasteiger partial charge in [-0.2, -0.15) is 0 Å². The van der Waals surface area contributed by atoms with Crippen LogP contribution in [0.1, 0.15) is 42.6 Å². The molecule has 0 atom stereocenters. The minimum absolute atomic E-state index is 0.101. The Bertz CT molecular complexity index is 829. The molecule has 27 heavy (non-hydrogen) atoms. The van der Waals surface area contributed by atoms with Crippen LogP contribution in [0, 0.1) is 0 Å². The van der Waals surface area contributed by atoms with Gasteiger partial charge in [-0.3, -0.25) is 9.59 Å². The molecular weight excluding hydrogens is 346 g/mol. The highest BCUT2D eigenvalue weighted by molar-refractivity contribution is 5.97. The third kappa shape index (κ3) is 6.26. The Morgan fingerprint density at radius 1 is 1.00 bits per heavy atom. The first-order valence-electron chi connectivity index (χ1n) is 8.65. The van der Waals surface area contributed by atoms with Crippen LogP contribution in [0.15, 0.2) is 48.5 Å². The molecule has 0 aliphatic heterocycles. The van der Waals surface area contributed by atoms with E-state index in [9.17, 15) is 14.4 Å². The van der Waals surface area contributed by atoms with Crippen LogP contribution in [0.5, 0.6) is 5.75 Å². The quantitative estimate of drug-likeness (QED) is 0.568. The summed E-state index contributed by atoms with van der Waals surface area (Å²) in [6, 6.07) is 14.0. The summed E-state index contributed by atoms with van der Waals surface area (Å²) in [5, 5.41) is 2.58. The lowest BCUT2D eigenvalue weighted by Crippen LogP contribution is -2.24. The smallest absolute Gasteiger partial charge is 0.344 e. The lowest BCUT2D eigenvalue weighted by molar-refractivity contribution is -0.149. The highest BCUT2D eigenvalue weighted by Crippen LogP contribution is 2.25. The Hall–Kier alpha value is -3.15. The standard InChI is InChI=1S/C21H23NO5/c1-14(2)18-9-4-5-10-19(18)26-13-21(25)27-12-20(24)22-17-8-6-7-16(11-17)15(3)23/h4-11,14H,12-13H2,1-3H3,(H,22,24). The number of amides is 1. The molecule has 0 radical (unpaired) electrons. The van der Waals surface area contributed by atoms with E-state index >= 15 is 0 Å². The molecule has 0 aromatic heterocycles. The fourth-order valence-corrected chi connectivity index (χ4v) is 2.43. The number of carbonyl (C=O) groups is 3. The van der Waals surface area contributed by atoms with Crippen LogP contribution >= 0.6 is 0 Å². The van der Waals surface area contributed by atoms with Gasteiger partial charge in [0.15, 0.2) is 19.0 Å². The van der Waals surface area contributed by atoms with E-state index < -0.39 is 18.5 Å². The first-order chi connectivity index (χ1) is 12.9. The zero-order valence-corrected chi connectivity index (χ0v) is 15.7. The van der Waals surface area contributed by atoms with E-state index in [0.29, 0.717) is 17.0 Å². The van der Waals surface area contributed by atoms with E-state index in [1.54, 1.807) is 30.3 Å². The number of carbonyl (C=O) groups excluding carboxylic acids is 3. The van der Waals surface area contributed by atoms with Gasteiger partial charge in [0.1, 0.15) is 5.75 Å². The van der Waals surface area contributed by atoms with Gasteiger partial charge in [-0.15, -0.1) is 0 Å². The van der Waals surface area contributed by atoms with Crippen LogP contribution in [0.2, 0.25) is 0 Å². The van der Waals surface area contributed by atoms with Gasteiger partial charge in [0.05, 0.1) is 0 Å². The number of hydrogen-bond acceptors (Lipinski definition) is 5. The van der Waals surface area contributed by atoms with E-state index in [0.717, 1.165) is 5.56 Å². The summed E-state index contributed by atoms with van der Waals surface area (Å²) in [7, 11) is 0. The summed E-state index contributed by atoms with van der Waals surface area (Å²) < 4.78 is 10.4. The topological polar surface area (TPSA) is 81.7 Å². The number of esters is 1. The molecule has 6 nitrogen and oxygen atoms in total. The third-order valence-electron chi connectivity index (χ3n) is 3.80. The Morgan fingerprint density at radius 2 is 1.74 bits per heavy atom. The average Bonchev–Trinajstić information content (AvgIpc) is 2.65. The van der Waals surface area contributed by atoms with Gasteiger partial charge in [-0.05, 0) is 36.6 Å². The zero-order valence-electron chi connectivity index (χ0n) is 15.7. The molecule has 0 heterocycles. The van der Waals surface area contributed by atoms with Crippen molar-refractivity contribution in [2.24, 2.45) is 0 Å². The first kappa shape index (κ1) is 20.2. The molecule has 142 valence electrons. The average molecular weight is 369 g/mol. The van der Waals surface area contributed by atoms with Gasteiger partial charge in [0.2, 0.25) is 0 Å². The summed E-state index contributed by atoms with van der Waals surface area (Å²) in [6.07, 6.45) is 0. The van der Waals surface area contributed by atoms with Gasteiger partial charge in [0, 0.05) is 11.3 Å². The monoisotopic (exact) mass is 369 g/mol. The van der Waals surface area contributed by atoms with E-state index in [2.05, 4.69) is 5.32 Å². The van der Waals surface area contributed by atoms with Crippen LogP contribution < -0.4 is 10.1 Å². The van der Waals surface area contributed by atoms with Gasteiger partial charge >= 0.3 is 5.97 Å². The number of hydrogen-bond donors (Lipinski definition) is 1. The molecule has 0 saturated carbocycles. The van der Waals surface area contributed by atoms with Crippen molar-refractivity contribution in [1.82, 2.24) is 0 Å². The number of rotatable bonds is 8. The molecule has 1 N–H and O–H groups in total. The third-order valence-corrected chi connectivity index (χ3v) is 3.80. The van der Waals surface area contributed by atoms with Crippen molar-refractivity contribution in [2.75, 3.05) is 18.5 Å². The molecule has 0 aliphatic carbocycles. The zero-order chi connectivity index (χ0) is 19.8. The maximum atomic E-state index is 11.9. The van der Waals surface area contributed by atoms with Gasteiger partial charge < -0.3 is 14.8 Å². The second-order valence-corrected chi connectivity index (χ2v) is 6.33. The summed E-state index contributed by atoms with van der Waals surface area (Å²) >= 11 is 0. The molecular formula is C21H23NO5. The minimum Gasteiger partial charge on any atom is -0.482 e. The summed E-state index contributed by atoms with van der Waals surface area (Å²) in [6.45, 7) is 4.80. The van der Waals surface area contributed by atoms with Gasteiger partial charge in [-0.1, -0.05) is 44.2 Å². The molecule has 0 saturated heterocycles. The van der Waals surface area contributed by atoms with Crippen LogP contribution in [-0.2, 0) is 14.3 Å². The highest BCUT2D eigenvalue weighted by atomic mass is 16.6. The van der Waals surface area contributed by atoms with E-state index in [1.807, 2.05) is 32.0 Å². The highest BCUT2D eigenvalue weighted by Gasteiger charge is 2.12. The second kappa shape index (κ2) is 9.52. The van der Waals surface area contributed by atoms with E-state index in [-0.39, 0.29) is 18.3 Å². The molecule has 6 heteroatoms. The van der Waals surface area contributed by atoms with Crippen molar-refractivity contribution in [3.63, 3.8) is 0 Å². The normalized spacial score (nSPS) is 10.4. The van der Waals surface area contributed by atoms with Crippen molar-refractivity contribution in [1.29, 1.82) is 0 Å². The molecule has 0 spiro atoms. The van der Waals surface area contributed by atoms with Gasteiger partial charge in [0.25, 0.3) is 5.91 Å². The molecule has 1 amide bonds. The molecule has 2 rings (SSSR count). The largest absolute Gasteiger partial charge is 0.482 e. The number of anilines is 1. The first-order valence-corrected chi connectivity index (χ1v) is 8.65. The fourth-order valence-electron chi connectivity index (χ4n) is 2.43.